The lowest BCUT2D eigenvalue weighted by Crippen LogP contribution is -2.48. The molecule has 2 aromatic heterocycles. The van der Waals surface area contributed by atoms with Crippen LogP contribution in [0.2, 0.25) is 0 Å². The number of amides is 1. The number of hydrogen-bond acceptors (Lipinski definition) is 8. The summed E-state index contributed by atoms with van der Waals surface area (Å²) in [5.41, 5.74) is -6.25. The summed E-state index contributed by atoms with van der Waals surface area (Å²) in [7, 11) is 0.163. The van der Waals surface area contributed by atoms with Crippen molar-refractivity contribution in [3.8, 4) is 16.9 Å². The van der Waals surface area contributed by atoms with Crippen molar-refractivity contribution in [3.05, 3.63) is 127 Å². The molecule has 0 saturated carbocycles. The summed E-state index contributed by atoms with van der Waals surface area (Å²) in [5, 5.41) is 20.3. The Labute approximate surface area is 300 Å². The number of alkyl halides is 3. The van der Waals surface area contributed by atoms with Crippen LogP contribution in [0, 0.1) is 18.6 Å². The molecule has 2 radical (unpaired) electrons. The number of carbonyl (C=O) groups is 2. The summed E-state index contributed by atoms with van der Waals surface area (Å²) in [4.78, 5) is 60.8. The Morgan fingerprint density at radius 2 is 1.79 bits per heavy atom. The van der Waals surface area contributed by atoms with Gasteiger partial charge in [-0.15, -0.1) is 0 Å². The predicted octanol–water partition coefficient (Wildman–Crippen LogP) is 4.58. The molecule has 3 N–H and O–H groups in total. The van der Waals surface area contributed by atoms with Gasteiger partial charge in [0.25, 0.3) is 5.56 Å². The maximum absolute atomic E-state index is 16.0. The quantitative estimate of drug-likeness (QED) is 0.101. The molecule has 276 valence electrons. The lowest BCUT2D eigenvalue weighted by Gasteiger charge is -2.24. The molecule has 3 aromatic carbocycles. The Kier molecular flexibility index (Phi) is 11.3. The van der Waals surface area contributed by atoms with Crippen molar-refractivity contribution >= 4 is 32.5 Å². The van der Waals surface area contributed by atoms with Gasteiger partial charge in [-0.1, -0.05) is 18.2 Å². The van der Waals surface area contributed by atoms with Crippen LogP contribution in [0.4, 0.5) is 22.0 Å². The number of aromatic hydroxyl groups is 1. The second kappa shape index (κ2) is 15.5. The van der Waals surface area contributed by atoms with E-state index in [-0.39, 0.29) is 34.2 Å². The van der Waals surface area contributed by atoms with Crippen molar-refractivity contribution in [3.63, 3.8) is 0 Å². The summed E-state index contributed by atoms with van der Waals surface area (Å²) >= 11 is 0. The number of benzene rings is 3. The molecule has 5 rings (SSSR count). The van der Waals surface area contributed by atoms with E-state index in [0.717, 1.165) is 22.8 Å². The lowest BCUT2D eigenvalue weighted by atomic mass is 9.93. The predicted molar refractivity (Wildman–Crippen MR) is 183 cm³/mol. The Bertz CT molecular complexity index is 2330. The van der Waals surface area contributed by atoms with Crippen molar-refractivity contribution in [2.24, 2.45) is 7.05 Å². The first-order valence-corrected chi connectivity index (χ1v) is 17.0. The molecule has 0 aliphatic heterocycles. The zero-order valence-corrected chi connectivity index (χ0v) is 29.3. The number of aliphatic hydroxyl groups excluding tert-OH is 1. The fourth-order valence-electron chi connectivity index (χ4n) is 5.97. The molecular weight excluding hydrogens is 723 g/mol. The molecule has 0 aliphatic carbocycles. The van der Waals surface area contributed by atoms with Crippen LogP contribution >= 0.6 is 0 Å². The van der Waals surface area contributed by atoms with Crippen LogP contribution in [-0.4, -0.2) is 52.5 Å². The molecule has 0 bridgehead atoms. The number of phenolic OH excluding ortho intramolecular Hbond substituents is 1. The molecule has 1 amide bonds. The van der Waals surface area contributed by atoms with Crippen molar-refractivity contribution < 1.29 is 46.5 Å². The molecular formula is C36H31F5N4O7Si. The first-order chi connectivity index (χ1) is 25.1. The number of halogens is 5. The molecule has 0 aliphatic rings. The number of esters is 1. The highest BCUT2D eigenvalue weighted by Gasteiger charge is 2.38. The van der Waals surface area contributed by atoms with Crippen LogP contribution in [0.3, 0.4) is 0 Å². The summed E-state index contributed by atoms with van der Waals surface area (Å²) in [6, 6.07) is 8.16. The van der Waals surface area contributed by atoms with E-state index in [2.05, 4.69) is 9.97 Å². The van der Waals surface area contributed by atoms with Crippen LogP contribution in [0.25, 0.3) is 22.0 Å². The van der Waals surface area contributed by atoms with Crippen LogP contribution < -0.4 is 16.2 Å². The number of hydrogen-bond donors (Lipinski definition) is 3. The number of carbonyl (C=O) groups excluding carboxylic acids is 2. The summed E-state index contributed by atoms with van der Waals surface area (Å²) in [6.07, 6.45) is -3.48. The smallest absolute Gasteiger partial charge is 0.419 e. The minimum absolute atomic E-state index is 0.0393. The van der Waals surface area contributed by atoms with Crippen molar-refractivity contribution in [1.82, 2.24) is 19.1 Å². The van der Waals surface area contributed by atoms with E-state index in [1.807, 2.05) is 0 Å². The van der Waals surface area contributed by atoms with Gasteiger partial charge in [0, 0.05) is 29.9 Å². The zero-order valence-electron chi connectivity index (χ0n) is 28.3. The fraction of sp³-hybridized carbons (Fsp3) is 0.250. The summed E-state index contributed by atoms with van der Waals surface area (Å²) < 4.78 is 80.9. The number of aromatic nitrogens is 3. The average molecular weight is 755 g/mol. The average Bonchev–Trinajstić information content (AvgIpc) is 3.11. The Hall–Kier alpha value is -5.68. The van der Waals surface area contributed by atoms with Gasteiger partial charge in [-0.3, -0.25) is 23.9 Å². The topological polar surface area (TPSA) is 153 Å². The van der Waals surface area contributed by atoms with E-state index in [9.17, 15) is 42.6 Å². The van der Waals surface area contributed by atoms with Gasteiger partial charge in [0.2, 0.25) is 5.91 Å². The molecule has 0 fully saturated rings. The third kappa shape index (κ3) is 7.75. The standard InChI is InChI=1S/C36H31F5N4O7Si/c1-4-52-29(48)15-28(23-13-20(14-24(31(23)38)36(39,40)41)30-18(2)6-5-7-27(30)47)53-43-33(49)32(22-12-19(17-46)8-9-25(22)37)45-34(50)21-10-11-42-16-26(21)44(3)35(45)51/h5-14,16,28,32,46-47H,4,15,17H2,1-3H3,(H,43,49)/t28-,32?/m0/s1. The van der Waals surface area contributed by atoms with E-state index in [1.165, 1.54) is 63.6 Å². The zero-order chi connectivity index (χ0) is 38.8. The van der Waals surface area contributed by atoms with Crippen molar-refractivity contribution in [1.29, 1.82) is 0 Å². The SMILES string of the molecule is CCOC(=O)C[C@H]([Si]NC(=O)C(c1cc(CO)ccc1F)n1c(=O)c2ccncc2n(C)c1=O)c1cc(-c2c(C)cccc2O)cc(C(F)(F)F)c1F. The normalized spacial score (nSPS) is 12.8. The van der Waals surface area contributed by atoms with Gasteiger partial charge in [0.1, 0.15) is 23.4 Å². The van der Waals surface area contributed by atoms with Crippen molar-refractivity contribution in [2.45, 2.75) is 44.6 Å². The largest absolute Gasteiger partial charge is 0.507 e. The second-order valence-electron chi connectivity index (χ2n) is 11.9. The number of ether oxygens (including phenoxy) is 1. The van der Waals surface area contributed by atoms with Gasteiger partial charge in [0.15, 0.2) is 9.68 Å². The number of fused-ring (bicyclic) bond motifs is 1. The van der Waals surface area contributed by atoms with Gasteiger partial charge in [0.05, 0.1) is 42.3 Å². The molecule has 53 heavy (non-hydrogen) atoms. The monoisotopic (exact) mass is 754 g/mol. The number of aryl methyl sites for hydroxylation is 2. The Balaban J connectivity index is 1.68. The highest BCUT2D eigenvalue weighted by Crippen LogP contribution is 2.41. The van der Waals surface area contributed by atoms with E-state index in [0.29, 0.717) is 16.2 Å². The maximum Gasteiger partial charge on any atom is 0.419 e. The van der Waals surface area contributed by atoms with Crippen LogP contribution in [0.15, 0.2) is 76.6 Å². The lowest BCUT2D eigenvalue weighted by molar-refractivity contribution is -0.143. The third-order valence-electron chi connectivity index (χ3n) is 8.51. The number of nitrogens with one attached hydrogen (secondary N) is 1. The summed E-state index contributed by atoms with van der Waals surface area (Å²) in [5.74, 6) is -5.38. The van der Waals surface area contributed by atoms with Crippen LogP contribution in [-0.2, 0) is 34.2 Å². The minimum atomic E-state index is -5.23. The molecule has 0 spiro atoms. The van der Waals surface area contributed by atoms with Gasteiger partial charge in [-0.05, 0) is 72.5 Å². The first-order valence-electron chi connectivity index (χ1n) is 15.9. The first kappa shape index (κ1) is 38.5. The van der Waals surface area contributed by atoms with E-state index in [1.54, 1.807) is 0 Å². The Morgan fingerprint density at radius 1 is 1.06 bits per heavy atom. The molecule has 0 saturated heterocycles. The molecule has 5 aromatic rings. The minimum Gasteiger partial charge on any atom is -0.507 e. The molecule has 2 heterocycles. The van der Waals surface area contributed by atoms with E-state index in [4.69, 9.17) is 4.74 Å². The van der Waals surface area contributed by atoms with E-state index < -0.39 is 97.7 Å². The van der Waals surface area contributed by atoms with Gasteiger partial charge >= 0.3 is 17.8 Å². The Morgan fingerprint density at radius 3 is 2.45 bits per heavy atom. The molecule has 1 unspecified atom stereocenters. The van der Waals surface area contributed by atoms with Gasteiger partial charge in [-0.25, -0.2) is 18.1 Å². The molecule has 17 heteroatoms. The van der Waals surface area contributed by atoms with Crippen LogP contribution in [0.1, 0.15) is 52.7 Å². The number of aliphatic hydroxyl groups is 1. The number of rotatable bonds is 11. The highest BCUT2D eigenvalue weighted by atomic mass is 28.2. The number of nitrogens with zero attached hydrogens (tertiary/aromatic N) is 3. The van der Waals surface area contributed by atoms with Crippen LogP contribution in [0.5, 0.6) is 5.75 Å². The highest BCUT2D eigenvalue weighted by molar-refractivity contribution is 6.40. The van der Waals surface area contributed by atoms with Gasteiger partial charge < -0.3 is 19.9 Å². The number of phenols is 1. The summed E-state index contributed by atoms with van der Waals surface area (Å²) in [6.45, 7) is 2.23. The number of pyridine rings is 1. The third-order valence-corrected chi connectivity index (χ3v) is 9.77. The second-order valence-corrected chi connectivity index (χ2v) is 13.2. The molecule has 11 nitrogen and oxygen atoms in total. The maximum atomic E-state index is 16.0. The van der Waals surface area contributed by atoms with Crippen molar-refractivity contribution in [2.75, 3.05) is 6.61 Å². The van der Waals surface area contributed by atoms with E-state index >= 15 is 8.78 Å². The van der Waals surface area contributed by atoms with Gasteiger partial charge in [-0.2, -0.15) is 13.2 Å². The fourth-order valence-corrected chi connectivity index (χ4v) is 7.06. The molecule has 2 atom stereocenters.